The molecule has 4 heteroatoms. The summed E-state index contributed by atoms with van der Waals surface area (Å²) in [7, 11) is 0. The molecule has 0 aliphatic carbocycles. The zero-order valence-electron chi connectivity index (χ0n) is 15.8. The number of ketones is 1. The molecule has 0 saturated carbocycles. The first-order valence-corrected chi connectivity index (χ1v) is 9.67. The Morgan fingerprint density at radius 2 is 1.57 bits per heavy atom. The van der Waals surface area contributed by atoms with Gasteiger partial charge in [-0.3, -0.25) is 4.79 Å². The molecule has 28 heavy (non-hydrogen) atoms. The summed E-state index contributed by atoms with van der Waals surface area (Å²) in [6.45, 7) is 3.58. The van der Waals surface area contributed by atoms with Crippen molar-refractivity contribution in [2.24, 2.45) is 0 Å². The van der Waals surface area contributed by atoms with Crippen LogP contribution in [-0.2, 0) is 6.42 Å². The molecule has 0 spiro atoms. The number of benzene rings is 3. The van der Waals surface area contributed by atoms with Crippen molar-refractivity contribution in [1.82, 2.24) is 5.32 Å². The molecule has 0 unspecified atom stereocenters. The van der Waals surface area contributed by atoms with Gasteiger partial charge in [-0.1, -0.05) is 60.7 Å². The van der Waals surface area contributed by atoms with Crippen LogP contribution >= 0.6 is 0 Å². The number of Topliss-reactive ketones (excluding diaryl/α,β-unsaturated/α-hetero) is 1. The van der Waals surface area contributed by atoms with Gasteiger partial charge >= 0.3 is 0 Å². The van der Waals surface area contributed by atoms with Gasteiger partial charge in [-0.2, -0.15) is 0 Å². The Hall–Kier alpha value is -3.11. The predicted molar refractivity (Wildman–Crippen MR) is 113 cm³/mol. The molecule has 1 aliphatic rings. The number of piperazine rings is 1. The van der Waals surface area contributed by atoms with Crippen LogP contribution in [0.3, 0.4) is 0 Å². The Kier molecular flexibility index (Phi) is 5.40. The monoisotopic (exact) mass is 372 g/mol. The lowest BCUT2D eigenvalue weighted by Gasteiger charge is -2.30. The molecule has 3 aromatic rings. The zero-order chi connectivity index (χ0) is 19.3. The number of phenols is 1. The number of nitrogens with zero attached hydrogens (tertiary/aromatic N) is 1. The summed E-state index contributed by atoms with van der Waals surface area (Å²) < 4.78 is 0. The number of nitrogens with one attached hydrogen (secondary N) is 1. The first kappa shape index (κ1) is 18.3. The zero-order valence-corrected chi connectivity index (χ0v) is 15.8. The number of anilines is 1. The van der Waals surface area contributed by atoms with E-state index in [-0.39, 0.29) is 18.0 Å². The van der Waals surface area contributed by atoms with Gasteiger partial charge in [-0.25, -0.2) is 0 Å². The molecule has 3 aromatic carbocycles. The van der Waals surface area contributed by atoms with Crippen LogP contribution in [0.4, 0.5) is 5.69 Å². The second-order valence-electron chi connectivity index (χ2n) is 7.08. The molecule has 4 rings (SSSR count). The molecule has 1 aliphatic heterocycles. The molecule has 142 valence electrons. The number of carbonyl (C=O) groups is 1. The molecule has 4 nitrogen and oxygen atoms in total. The molecule has 0 bridgehead atoms. The molecule has 1 heterocycles. The summed E-state index contributed by atoms with van der Waals surface area (Å²) in [5, 5.41) is 14.3. The van der Waals surface area contributed by atoms with Gasteiger partial charge in [0.25, 0.3) is 0 Å². The van der Waals surface area contributed by atoms with Gasteiger partial charge in [0, 0.05) is 43.9 Å². The largest absolute Gasteiger partial charge is 0.507 e. The molecule has 2 N–H and O–H groups in total. The Balaban J connectivity index is 1.76. The quantitative estimate of drug-likeness (QED) is 0.667. The highest BCUT2D eigenvalue weighted by molar-refractivity contribution is 6.03. The molecule has 0 atom stereocenters. The standard InChI is InChI=1S/C24H24N2O2/c27-23(15-18-7-3-1-4-8-18)22-17-20(26-13-11-25-12-14-26)16-21(24(22)28)19-9-5-2-6-10-19/h1-10,16-17,25,28H,11-15H2. The van der Waals surface area contributed by atoms with E-state index in [9.17, 15) is 9.90 Å². The normalized spacial score (nSPS) is 14.1. The SMILES string of the molecule is O=C(Cc1ccccc1)c1cc(N2CCNCC2)cc(-c2ccccc2)c1O. The Labute approximate surface area is 165 Å². The number of hydrogen-bond acceptors (Lipinski definition) is 4. The third-order valence-electron chi connectivity index (χ3n) is 5.17. The lowest BCUT2D eigenvalue weighted by molar-refractivity contribution is 0.0990. The van der Waals surface area contributed by atoms with E-state index in [1.165, 1.54) is 0 Å². The maximum absolute atomic E-state index is 13.1. The third-order valence-corrected chi connectivity index (χ3v) is 5.17. The van der Waals surface area contributed by atoms with Crippen molar-refractivity contribution in [3.63, 3.8) is 0 Å². The first-order valence-electron chi connectivity index (χ1n) is 9.67. The average Bonchev–Trinajstić information content (AvgIpc) is 2.76. The van der Waals surface area contributed by atoms with Crippen molar-refractivity contribution in [3.8, 4) is 16.9 Å². The minimum absolute atomic E-state index is 0.0611. The van der Waals surface area contributed by atoms with E-state index in [2.05, 4.69) is 10.2 Å². The van der Waals surface area contributed by atoms with E-state index in [1.54, 1.807) is 0 Å². The smallest absolute Gasteiger partial charge is 0.171 e. The molecule has 1 saturated heterocycles. The van der Waals surface area contributed by atoms with Crippen molar-refractivity contribution in [3.05, 3.63) is 83.9 Å². The average molecular weight is 372 g/mol. The third kappa shape index (κ3) is 3.92. The number of hydrogen-bond donors (Lipinski definition) is 2. The molecule has 0 radical (unpaired) electrons. The fourth-order valence-corrected chi connectivity index (χ4v) is 3.65. The minimum atomic E-state index is -0.0714. The Morgan fingerprint density at radius 3 is 2.25 bits per heavy atom. The van der Waals surface area contributed by atoms with Crippen LogP contribution in [0.25, 0.3) is 11.1 Å². The maximum atomic E-state index is 13.1. The lowest BCUT2D eigenvalue weighted by atomic mass is 9.95. The van der Waals surface area contributed by atoms with E-state index in [1.807, 2.05) is 72.8 Å². The van der Waals surface area contributed by atoms with Gasteiger partial charge in [0.1, 0.15) is 5.75 Å². The number of aromatic hydroxyl groups is 1. The summed E-state index contributed by atoms with van der Waals surface area (Å²) >= 11 is 0. The number of rotatable bonds is 5. The van der Waals surface area contributed by atoms with Crippen molar-refractivity contribution in [2.45, 2.75) is 6.42 Å². The van der Waals surface area contributed by atoms with Crippen molar-refractivity contribution < 1.29 is 9.90 Å². The molecule has 1 fully saturated rings. The fraction of sp³-hybridized carbons (Fsp3) is 0.208. The number of carbonyl (C=O) groups excluding carboxylic acids is 1. The lowest BCUT2D eigenvalue weighted by Crippen LogP contribution is -2.43. The Bertz CT molecular complexity index is 949. The van der Waals surface area contributed by atoms with Crippen LogP contribution < -0.4 is 10.2 Å². The van der Waals surface area contributed by atoms with E-state index in [0.717, 1.165) is 43.0 Å². The van der Waals surface area contributed by atoms with E-state index in [0.29, 0.717) is 11.1 Å². The molecule has 0 amide bonds. The van der Waals surface area contributed by atoms with Crippen molar-refractivity contribution in [2.75, 3.05) is 31.1 Å². The molecular formula is C24H24N2O2. The number of phenolic OH excluding ortho intramolecular Hbond substituents is 1. The van der Waals surface area contributed by atoms with Gasteiger partial charge in [-0.05, 0) is 23.3 Å². The van der Waals surface area contributed by atoms with Crippen molar-refractivity contribution in [1.29, 1.82) is 0 Å². The van der Waals surface area contributed by atoms with Crippen molar-refractivity contribution >= 4 is 11.5 Å². The van der Waals surface area contributed by atoms with E-state index in [4.69, 9.17) is 0 Å². The topological polar surface area (TPSA) is 52.6 Å². The van der Waals surface area contributed by atoms with Gasteiger partial charge in [0.05, 0.1) is 5.56 Å². The van der Waals surface area contributed by atoms with Crippen LogP contribution in [0.2, 0.25) is 0 Å². The Morgan fingerprint density at radius 1 is 0.929 bits per heavy atom. The highest BCUT2D eigenvalue weighted by Gasteiger charge is 2.20. The van der Waals surface area contributed by atoms with Gasteiger partial charge < -0.3 is 15.3 Å². The van der Waals surface area contributed by atoms with Gasteiger partial charge in [0.15, 0.2) is 5.78 Å². The van der Waals surface area contributed by atoms with Crippen LogP contribution in [0.1, 0.15) is 15.9 Å². The highest BCUT2D eigenvalue weighted by atomic mass is 16.3. The highest BCUT2D eigenvalue weighted by Crippen LogP contribution is 2.37. The van der Waals surface area contributed by atoms with E-state index < -0.39 is 0 Å². The van der Waals surface area contributed by atoms with Crippen LogP contribution in [0.15, 0.2) is 72.8 Å². The summed E-state index contributed by atoms with van der Waals surface area (Å²) in [5.74, 6) is -0.0103. The van der Waals surface area contributed by atoms with Crippen LogP contribution in [0.5, 0.6) is 5.75 Å². The molecule has 0 aromatic heterocycles. The summed E-state index contributed by atoms with van der Waals surface area (Å²) in [4.78, 5) is 15.3. The van der Waals surface area contributed by atoms with Gasteiger partial charge in [0.2, 0.25) is 0 Å². The van der Waals surface area contributed by atoms with Gasteiger partial charge in [-0.15, -0.1) is 0 Å². The van der Waals surface area contributed by atoms with E-state index >= 15 is 0 Å². The maximum Gasteiger partial charge on any atom is 0.171 e. The molecular weight excluding hydrogens is 348 g/mol. The predicted octanol–water partition coefficient (Wildman–Crippen LogP) is 3.89. The second-order valence-corrected chi connectivity index (χ2v) is 7.08. The summed E-state index contributed by atoms with van der Waals surface area (Å²) in [5.41, 5.74) is 3.92. The second kappa shape index (κ2) is 8.28. The summed E-state index contributed by atoms with van der Waals surface area (Å²) in [6.07, 6.45) is 0.271. The van der Waals surface area contributed by atoms with Crippen LogP contribution in [-0.4, -0.2) is 37.1 Å². The summed E-state index contributed by atoms with van der Waals surface area (Å²) in [6, 6.07) is 23.3. The first-order chi connectivity index (χ1) is 13.7. The van der Waals surface area contributed by atoms with Crippen LogP contribution in [0, 0.1) is 0 Å². The fourth-order valence-electron chi connectivity index (χ4n) is 3.65. The minimum Gasteiger partial charge on any atom is -0.507 e.